The summed E-state index contributed by atoms with van der Waals surface area (Å²) in [6.45, 7) is 9.26. The standard InChI is InChI=1S/C11H21NO4.C5H10O2/c1-11(2)15-8(4-5-12)6-9(16-11)7-10(13)14-3;1-5(2,3)4(6)7/h8-9H,4-7,12H2,1-3H3;1-3H3,(H,6,7)/t8-,9-;/m1./s1. The summed E-state index contributed by atoms with van der Waals surface area (Å²) in [5.74, 6) is -1.67. The van der Waals surface area contributed by atoms with Crippen LogP contribution in [0.5, 0.6) is 0 Å². The maximum absolute atomic E-state index is 11.2. The molecule has 7 heteroatoms. The van der Waals surface area contributed by atoms with Crippen LogP contribution >= 0.6 is 0 Å². The number of hydrogen-bond donors (Lipinski definition) is 2. The zero-order chi connectivity index (χ0) is 18.3. The van der Waals surface area contributed by atoms with Crippen LogP contribution in [0.3, 0.4) is 0 Å². The monoisotopic (exact) mass is 333 g/mol. The van der Waals surface area contributed by atoms with Gasteiger partial charge < -0.3 is 25.1 Å². The average Bonchev–Trinajstić information content (AvgIpc) is 2.36. The molecule has 2 atom stereocenters. The zero-order valence-electron chi connectivity index (χ0n) is 15.0. The number of carboxylic acids is 1. The van der Waals surface area contributed by atoms with Crippen LogP contribution in [0.4, 0.5) is 0 Å². The van der Waals surface area contributed by atoms with Crippen LogP contribution in [-0.2, 0) is 23.8 Å². The van der Waals surface area contributed by atoms with E-state index in [0.717, 1.165) is 6.42 Å². The van der Waals surface area contributed by atoms with Crippen molar-refractivity contribution in [2.75, 3.05) is 13.7 Å². The molecule has 0 amide bonds. The molecule has 0 spiro atoms. The first-order chi connectivity index (χ1) is 10.4. The molecule has 1 saturated heterocycles. The van der Waals surface area contributed by atoms with Crippen molar-refractivity contribution in [3.05, 3.63) is 0 Å². The fourth-order valence-electron chi connectivity index (χ4n) is 1.98. The Bertz CT molecular complexity index is 389. The van der Waals surface area contributed by atoms with Crippen molar-refractivity contribution in [1.29, 1.82) is 0 Å². The Hall–Kier alpha value is -1.18. The van der Waals surface area contributed by atoms with Gasteiger partial charge in [-0.3, -0.25) is 9.59 Å². The van der Waals surface area contributed by atoms with Gasteiger partial charge in [-0.2, -0.15) is 0 Å². The summed E-state index contributed by atoms with van der Waals surface area (Å²) in [6, 6.07) is 0. The Morgan fingerprint density at radius 1 is 1.26 bits per heavy atom. The Labute approximate surface area is 138 Å². The highest BCUT2D eigenvalue weighted by atomic mass is 16.7. The second kappa shape index (κ2) is 9.20. The summed E-state index contributed by atoms with van der Waals surface area (Å²) < 4.78 is 16.0. The third-order valence-corrected chi connectivity index (χ3v) is 3.18. The molecule has 3 N–H and O–H groups in total. The van der Waals surface area contributed by atoms with E-state index in [4.69, 9.17) is 20.3 Å². The highest BCUT2D eigenvalue weighted by Gasteiger charge is 2.36. The van der Waals surface area contributed by atoms with Gasteiger partial charge in [-0.1, -0.05) is 0 Å². The maximum atomic E-state index is 11.2. The summed E-state index contributed by atoms with van der Waals surface area (Å²) >= 11 is 0. The third-order valence-electron chi connectivity index (χ3n) is 3.18. The van der Waals surface area contributed by atoms with Crippen molar-refractivity contribution < 1.29 is 28.9 Å². The Kier molecular flexibility index (Phi) is 8.73. The SMILES string of the molecule is CC(C)(C)C(=O)O.COC(=O)C[C@H]1C[C@@H](CCN)OC(C)(C)O1. The van der Waals surface area contributed by atoms with Gasteiger partial charge in [0.25, 0.3) is 0 Å². The zero-order valence-corrected chi connectivity index (χ0v) is 15.0. The Morgan fingerprint density at radius 2 is 1.74 bits per heavy atom. The number of carboxylic acid groups (broad SMARTS) is 1. The van der Waals surface area contributed by atoms with E-state index < -0.39 is 17.2 Å². The second-order valence-corrected chi connectivity index (χ2v) is 7.03. The number of nitrogens with two attached hydrogens (primary N) is 1. The van der Waals surface area contributed by atoms with Gasteiger partial charge in [-0.25, -0.2) is 0 Å². The summed E-state index contributed by atoms with van der Waals surface area (Å²) in [6.07, 6.45) is 1.65. The van der Waals surface area contributed by atoms with Crippen LogP contribution < -0.4 is 5.73 Å². The van der Waals surface area contributed by atoms with E-state index in [-0.39, 0.29) is 24.6 Å². The first kappa shape index (κ1) is 21.8. The van der Waals surface area contributed by atoms with Crippen LogP contribution in [0.25, 0.3) is 0 Å². The summed E-state index contributed by atoms with van der Waals surface area (Å²) in [7, 11) is 1.38. The first-order valence-electron chi connectivity index (χ1n) is 7.77. The lowest BCUT2D eigenvalue weighted by atomic mass is 9.98. The molecule has 0 saturated carbocycles. The second-order valence-electron chi connectivity index (χ2n) is 7.03. The number of carbonyl (C=O) groups excluding carboxylic acids is 1. The molecule has 136 valence electrons. The highest BCUT2D eigenvalue weighted by molar-refractivity contribution is 5.72. The van der Waals surface area contributed by atoms with Crippen molar-refractivity contribution in [3.63, 3.8) is 0 Å². The van der Waals surface area contributed by atoms with E-state index in [9.17, 15) is 9.59 Å². The van der Waals surface area contributed by atoms with E-state index in [1.54, 1.807) is 20.8 Å². The Balaban J connectivity index is 0.000000585. The molecule has 23 heavy (non-hydrogen) atoms. The minimum atomic E-state index is -0.757. The minimum Gasteiger partial charge on any atom is -0.481 e. The van der Waals surface area contributed by atoms with Crippen molar-refractivity contribution in [3.8, 4) is 0 Å². The largest absolute Gasteiger partial charge is 0.481 e. The normalized spacial score (nSPS) is 23.4. The van der Waals surface area contributed by atoms with Crippen LogP contribution in [0.1, 0.15) is 53.9 Å². The van der Waals surface area contributed by atoms with Crippen LogP contribution in [-0.4, -0.2) is 48.7 Å². The molecule has 0 aromatic carbocycles. The summed E-state index contributed by atoms with van der Waals surface area (Å²) in [5, 5.41) is 8.25. The lowest BCUT2D eigenvalue weighted by molar-refractivity contribution is -0.300. The van der Waals surface area contributed by atoms with Crippen LogP contribution in [0, 0.1) is 5.41 Å². The van der Waals surface area contributed by atoms with Gasteiger partial charge in [0.15, 0.2) is 5.79 Å². The number of esters is 1. The van der Waals surface area contributed by atoms with Gasteiger partial charge in [0.05, 0.1) is 31.2 Å². The maximum Gasteiger partial charge on any atom is 0.308 e. The Morgan fingerprint density at radius 3 is 2.13 bits per heavy atom. The van der Waals surface area contributed by atoms with Gasteiger partial charge in [0.1, 0.15) is 0 Å². The molecule has 1 rings (SSSR count). The van der Waals surface area contributed by atoms with Crippen molar-refractivity contribution in [2.45, 2.75) is 71.9 Å². The molecule has 1 fully saturated rings. The third kappa shape index (κ3) is 9.53. The smallest absolute Gasteiger partial charge is 0.308 e. The fourth-order valence-corrected chi connectivity index (χ4v) is 1.98. The molecular formula is C16H31NO6. The molecule has 0 aromatic rings. The number of rotatable bonds is 4. The van der Waals surface area contributed by atoms with Gasteiger partial charge in [-0.05, 0) is 47.6 Å². The molecule has 1 aliphatic rings. The van der Waals surface area contributed by atoms with E-state index in [2.05, 4.69) is 4.74 Å². The first-order valence-corrected chi connectivity index (χ1v) is 7.77. The van der Waals surface area contributed by atoms with Gasteiger partial charge in [0, 0.05) is 6.42 Å². The molecule has 1 aliphatic heterocycles. The molecule has 7 nitrogen and oxygen atoms in total. The van der Waals surface area contributed by atoms with Gasteiger partial charge in [-0.15, -0.1) is 0 Å². The van der Waals surface area contributed by atoms with Crippen molar-refractivity contribution >= 4 is 11.9 Å². The quantitative estimate of drug-likeness (QED) is 0.757. The number of hydrogen-bond acceptors (Lipinski definition) is 6. The topological polar surface area (TPSA) is 108 Å². The predicted molar refractivity (Wildman–Crippen MR) is 85.8 cm³/mol. The van der Waals surface area contributed by atoms with E-state index in [1.165, 1.54) is 7.11 Å². The number of ether oxygens (including phenoxy) is 3. The summed E-state index contributed by atoms with van der Waals surface area (Å²) in [5.41, 5.74) is 4.93. The van der Waals surface area contributed by atoms with Crippen LogP contribution in [0.2, 0.25) is 0 Å². The molecule has 0 aliphatic carbocycles. The molecular weight excluding hydrogens is 302 g/mol. The number of methoxy groups -OCH3 is 1. The summed E-state index contributed by atoms with van der Waals surface area (Å²) in [4.78, 5) is 21.2. The molecule has 0 bridgehead atoms. The number of aliphatic carboxylic acids is 1. The molecule has 0 unspecified atom stereocenters. The van der Waals surface area contributed by atoms with Crippen LogP contribution in [0.15, 0.2) is 0 Å². The lowest BCUT2D eigenvalue weighted by Gasteiger charge is -2.40. The molecule has 0 radical (unpaired) electrons. The van der Waals surface area contributed by atoms with Crippen molar-refractivity contribution in [1.82, 2.24) is 0 Å². The van der Waals surface area contributed by atoms with E-state index in [0.29, 0.717) is 13.0 Å². The van der Waals surface area contributed by atoms with E-state index >= 15 is 0 Å². The van der Waals surface area contributed by atoms with E-state index in [1.807, 2.05) is 13.8 Å². The molecule has 1 heterocycles. The lowest BCUT2D eigenvalue weighted by Crippen LogP contribution is -2.45. The fraction of sp³-hybridized carbons (Fsp3) is 0.875. The minimum absolute atomic E-state index is 0.0587. The predicted octanol–water partition coefficient (Wildman–Crippen LogP) is 1.93. The van der Waals surface area contributed by atoms with Crippen molar-refractivity contribution in [2.24, 2.45) is 11.1 Å². The van der Waals surface area contributed by atoms with Gasteiger partial charge >= 0.3 is 11.9 Å². The average molecular weight is 333 g/mol. The van der Waals surface area contributed by atoms with Gasteiger partial charge in [0.2, 0.25) is 0 Å². The highest BCUT2D eigenvalue weighted by Crippen LogP contribution is 2.29. The number of carbonyl (C=O) groups is 2. The molecule has 0 aromatic heterocycles.